The monoisotopic (exact) mass is 628 g/mol. The van der Waals surface area contributed by atoms with Crippen molar-refractivity contribution in [2.45, 2.75) is 30.8 Å². The van der Waals surface area contributed by atoms with Gasteiger partial charge in [-0.25, -0.2) is 10.4 Å². The Morgan fingerprint density at radius 2 is 1.90 bits per heavy atom. The molecule has 2 aromatic carbocycles. The third-order valence-corrected chi connectivity index (χ3v) is 8.93. The number of nitrogens with zero attached hydrogens (tertiary/aromatic N) is 3. The van der Waals surface area contributed by atoms with Crippen LogP contribution in [0.3, 0.4) is 0 Å². The molecule has 1 aliphatic rings. The number of thiophene rings is 1. The number of rotatable bonds is 8. The number of phenols is 1. The highest BCUT2D eigenvalue weighted by Crippen LogP contribution is 2.37. The second kappa shape index (κ2) is 11.8. The summed E-state index contributed by atoms with van der Waals surface area (Å²) in [6.07, 6.45) is 5.46. The number of methoxy groups -OCH3 is 2. The van der Waals surface area contributed by atoms with Crippen molar-refractivity contribution in [2.75, 3.05) is 20.0 Å². The number of phenolic OH excluding ortho intramolecular Hbond substituents is 1. The fraction of sp³-hybridized carbons (Fsp3) is 0.259. The summed E-state index contributed by atoms with van der Waals surface area (Å²) in [6, 6.07) is 10.6. The molecule has 2 heterocycles. The van der Waals surface area contributed by atoms with Crippen molar-refractivity contribution in [1.82, 2.24) is 15.0 Å². The molecule has 0 radical (unpaired) electrons. The number of ether oxygens (including phenoxy) is 2. The van der Waals surface area contributed by atoms with Gasteiger partial charge in [0.15, 0.2) is 16.7 Å². The zero-order valence-electron chi connectivity index (χ0n) is 21.2. The number of amides is 1. The molecule has 5 rings (SSSR count). The van der Waals surface area contributed by atoms with Crippen molar-refractivity contribution in [3.63, 3.8) is 0 Å². The molecule has 0 saturated carbocycles. The van der Waals surface area contributed by atoms with Gasteiger partial charge in [-0.3, -0.25) is 14.2 Å². The smallest absolute Gasteiger partial charge is 0.267 e. The normalized spacial score (nSPS) is 13.0. The van der Waals surface area contributed by atoms with E-state index in [-0.39, 0.29) is 34.5 Å². The highest BCUT2D eigenvalue weighted by Gasteiger charge is 2.23. The number of aryl methyl sites for hydroxylation is 2. The number of carbonyl (C=O) groups is 1. The predicted octanol–water partition coefficient (Wildman–Crippen LogP) is 5.05. The Balaban J connectivity index is 1.39. The van der Waals surface area contributed by atoms with Crippen LogP contribution in [0.1, 0.15) is 28.8 Å². The van der Waals surface area contributed by atoms with Crippen molar-refractivity contribution in [1.29, 1.82) is 0 Å². The summed E-state index contributed by atoms with van der Waals surface area (Å²) in [6.45, 7) is 0. The van der Waals surface area contributed by atoms with Gasteiger partial charge in [0, 0.05) is 14.9 Å². The van der Waals surface area contributed by atoms with E-state index >= 15 is 0 Å². The Hall–Kier alpha value is -3.35. The molecule has 202 valence electrons. The van der Waals surface area contributed by atoms with Crippen LogP contribution in [-0.4, -0.2) is 46.8 Å². The number of hydrogen-bond acceptors (Lipinski definition) is 9. The van der Waals surface area contributed by atoms with Crippen LogP contribution >= 0.6 is 39.0 Å². The quantitative estimate of drug-likeness (QED) is 0.121. The summed E-state index contributed by atoms with van der Waals surface area (Å²) in [5.41, 5.74) is 4.75. The van der Waals surface area contributed by atoms with Gasteiger partial charge in [-0.15, -0.1) is 11.3 Å². The first-order valence-electron chi connectivity index (χ1n) is 12.1. The maximum atomic E-state index is 13.8. The van der Waals surface area contributed by atoms with Crippen LogP contribution in [0.2, 0.25) is 0 Å². The number of thioether (sulfide) groups is 1. The van der Waals surface area contributed by atoms with Crippen LogP contribution in [-0.2, 0) is 17.6 Å². The zero-order valence-corrected chi connectivity index (χ0v) is 24.4. The lowest BCUT2D eigenvalue weighted by Crippen LogP contribution is -2.24. The largest absolute Gasteiger partial charge is 0.502 e. The molecule has 0 saturated heterocycles. The number of nitrogens with one attached hydrogen (secondary N) is 1. The van der Waals surface area contributed by atoms with Crippen molar-refractivity contribution in [3.8, 4) is 22.9 Å². The fourth-order valence-corrected chi connectivity index (χ4v) is 6.80. The molecule has 9 nitrogen and oxygen atoms in total. The topological polar surface area (TPSA) is 115 Å². The molecule has 0 unspecified atom stereocenters. The summed E-state index contributed by atoms with van der Waals surface area (Å²) in [4.78, 5) is 33.3. The number of hydrazone groups is 1. The first-order chi connectivity index (χ1) is 18.9. The van der Waals surface area contributed by atoms with Gasteiger partial charge >= 0.3 is 0 Å². The standard InChI is InChI=1S/C27H25BrN4O5S2/c1-36-19-11-15(12-20(37-2)24(19)34)13-29-31-22(33)14-38-27-30-25-23(18-5-3-4-6-21(18)39-25)26(35)32(27)17-9-7-16(28)8-10-17/h7-13,34H,3-6,14H2,1-2H3,(H,31,33). The minimum atomic E-state index is -0.365. The molecule has 12 heteroatoms. The Bertz CT molecular complexity index is 1610. The van der Waals surface area contributed by atoms with E-state index in [0.29, 0.717) is 21.8 Å². The van der Waals surface area contributed by atoms with Crippen molar-refractivity contribution in [2.24, 2.45) is 5.10 Å². The van der Waals surface area contributed by atoms with Crippen molar-refractivity contribution < 1.29 is 19.4 Å². The minimum Gasteiger partial charge on any atom is -0.502 e. The van der Waals surface area contributed by atoms with Crippen LogP contribution in [0.5, 0.6) is 17.2 Å². The van der Waals surface area contributed by atoms with Crippen molar-refractivity contribution in [3.05, 3.63) is 67.2 Å². The Kier molecular flexibility index (Phi) is 8.24. The third kappa shape index (κ3) is 5.68. The van der Waals surface area contributed by atoms with Gasteiger partial charge in [0.2, 0.25) is 5.75 Å². The average Bonchev–Trinajstić information content (AvgIpc) is 3.32. The third-order valence-electron chi connectivity index (χ3n) is 6.28. The molecule has 0 fully saturated rings. The van der Waals surface area contributed by atoms with E-state index in [1.165, 1.54) is 37.1 Å². The molecular weight excluding hydrogens is 604 g/mol. The van der Waals surface area contributed by atoms with E-state index in [4.69, 9.17) is 14.5 Å². The number of halogens is 1. The first-order valence-corrected chi connectivity index (χ1v) is 14.7. The van der Waals surface area contributed by atoms with E-state index in [1.807, 2.05) is 24.3 Å². The number of carbonyl (C=O) groups excluding carboxylic acids is 1. The summed E-state index contributed by atoms with van der Waals surface area (Å²) in [5, 5.41) is 15.2. The average molecular weight is 630 g/mol. The van der Waals surface area contributed by atoms with Gasteiger partial charge < -0.3 is 14.6 Å². The molecule has 2 N–H and O–H groups in total. The van der Waals surface area contributed by atoms with E-state index in [0.717, 1.165) is 40.5 Å². The second-order valence-corrected chi connectivity index (χ2v) is 11.7. The van der Waals surface area contributed by atoms with Gasteiger partial charge in [-0.2, -0.15) is 5.10 Å². The Morgan fingerprint density at radius 3 is 2.59 bits per heavy atom. The van der Waals surface area contributed by atoms with Crippen LogP contribution in [0.25, 0.3) is 15.9 Å². The van der Waals surface area contributed by atoms with Crippen LogP contribution in [0.15, 0.2) is 55.9 Å². The number of hydrogen-bond donors (Lipinski definition) is 2. The number of benzene rings is 2. The van der Waals surface area contributed by atoms with E-state index in [9.17, 15) is 14.7 Å². The maximum Gasteiger partial charge on any atom is 0.267 e. The van der Waals surface area contributed by atoms with Crippen LogP contribution in [0.4, 0.5) is 0 Å². The highest BCUT2D eigenvalue weighted by molar-refractivity contribution is 9.10. The molecule has 39 heavy (non-hydrogen) atoms. The zero-order chi connectivity index (χ0) is 27.5. The lowest BCUT2D eigenvalue weighted by atomic mass is 9.97. The van der Waals surface area contributed by atoms with Gasteiger partial charge in [0.1, 0.15) is 4.83 Å². The predicted molar refractivity (Wildman–Crippen MR) is 157 cm³/mol. The molecule has 0 spiro atoms. The maximum absolute atomic E-state index is 13.8. The fourth-order valence-electron chi connectivity index (χ4n) is 4.43. The molecule has 4 aromatic rings. The van der Waals surface area contributed by atoms with Gasteiger partial charge in [0.25, 0.3) is 11.5 Å². The molecule has 0 atom stereocenters. The second-order valence-electron chi connectivity index (χ2n) is 8.76. The Morgan fingerprint density at radius 1 is 1.21 bits per heavy atom. The number of aromatic nitrogens is 2. The SMILES string of the molecule is COc1cc(C=NNC(=O)CSc2nc3sc4c(c3c(=O)n2-c2ccc(Br)cc2)CCCC4)cc(OC)c1O. The van der Waals surface area contributed by atoms with E-state index in [2.05, 4.69) is 26.5 Å². The summed E-state index contributed by atoms with van der Waals surface area (Å²) in [7, 11) is 2.86. The van der Waals surface area contributed by atoms with Crippen molar-refractivity contribution >= 4 is 61.4 Å². The van der Waals surface area contributed by atoms with Gasteiger partial charge in [-0.1, -0.05) is 27.7 Å². The molecule has 1 aliphatic carbocycles. The lowest BCUT2D eigenvalue weighted by molar-refractivity contribution is -0.118. The van der Waals surface area contributed by atoms with E-state index in [1.54, 1.807) is 28.0 Å². The molecule has 1 amide bonds. The van der Waals surface area contributed by atoms with Gasteiger partial charge in [0.05, 0.1) is 37.3 Å². The minimum absolute atomic E-state index is 0.000869. The van der Waals surface area contributed by atoms with Gasteiger partial charge in [-0.05, 0) is 67.6 Å². The highest BCUT2D eigenvalue weighted by atomic mass is 79.9. The Labute approximate surface area is 241 Å². The summed E-state index contributed by atoms with van der Waals surface area (Å²) in [5.74, 6) is -0.0405. The molecule has 2 aromatic heterocycles. The molecular formula is C27H25BrN4O5S2. The molecule has 0 aliphatic heterocycles. The van der Waals surface area contributed by atoms with Crippen LogP contribution in [0, 0.1) is 0 Å². The number of fused-ring (bicyclic) bond motifs is 3. The van der Waals surface area contributed by atoms with E-state index < -0.39 is 0 Å². The van der Waals surface area contributed by atoms with Crippen LogP contribution < -0.4 is 20.5 Å². The summed E-state index contributed by atoms with van der Waals surface area (Å²) < 4.78 is 12.8. The lowest BCUT2D eigenvalue weighted by Gasteiger charge is -2.13. The number of aromatic hydroxyl groups is 1. The first kappa shape index (κ1) is 27.2. The molecule has 0 bridgehead atoms. The summed E-state index contributed by atoms with van der Waals surface area (Å²) >= 11 is 6.21.